The van der Waals surface area contributed by atoms with Crippen molar-refractivity contribution >= 4 is 28.5 Å². The van der Waals surface area contributed by atoms with Crippen molar-refractivity contribution in [3.8, 4) is 33.6 Å². The summed E-state index contributed by atoms with van der Waals surface area (Å²) in [7, 11) is 0. The number of nitrogens with zero attached hydrogens (tertiary/aromatic N) is 5. The number of aromatic amines is 2. The van der Waals surface area contributed by atoms with Gasteiger partial charge in [-0.15, -0.1) is 10.2 Å². The molecule has 6 aromatic rings. The molecule has 0 aliphatic carbocycles. The van der Waals surface area contributed by atoms with Crippen molar-refractivity contribution in [2.75, 3.05) is 0 Å². The van der Waals surface area contributed by atoms with Crippen LogP contribution in [0.25, 0.3) is 44.5 Å². The molecule has 40 heavy (non-hydrogen) atoms. The number of aromatic nitrogens is 7. The fourth-order valence-electron chi connectivity index (χ4n) is 5.10. The van der Waals surface area contributed by atoms with Crippen LogP contribution in [0.5, 0.6) is 0 Å². The molecule has 0 fully saturated rings. The molecule has 0 bridgehead atoms. The second-order valence-corrected chi connectivity index (χ2v) is 9.96. The smallest absolute Gasteiger partial charge is 0.355 e. The first-order valence-electron chi connectivity index (χ1n) is 13.1. The summed E-state index contributed by atoms with van der Waals surface area (Å²) in [6, 6.07) is 22.6. The van der Waals surface area contributed by atoms with Crippen LogP contribution in [0, 0.1) is 0 Å². The average Bonchev–Trinajstić information content (AvgIpc) is 3.72. The van der Waals surface area contributed by atoms with Gasteiger partial charge in [0.25, 0.3) is 0 Å². The minimum atomic E-state index is -1.09. The highest BCUT2D eigenvalue weighted by molar-refractivity contribution is 6.32. The molecule has 3 aromatic carbocycles. The third-order valence-electron chi connectivity index (χ3n) is 7.08. The Morgan fingerprint density at radius 1 is 1.00 bits per heavy atom. The summed E-state index contributed by atoms with van der Waals surface area (Å²) in [5.41, 5.74) is 6.99. The van der Waals surface area contributed by atoms with Crippen molar-refractivity contribution in [2.24, 2.45) is 0 Å². The third kappa shape index (κ3) is 4.76. The Bertz CT molecular complexity index is 1800. The van der Waals surface area contributed by atoms with Gasteiger partial charge < -0.3 is 14.7 Å². The van der Waals surface area contributed by atoms with Crippen molar-refractivity contribution in [3.05, 3.63) is 95.2 Å². The summed E-state index contributed by atoms with van der Waals surface area (Å²) in [5.74, 6) is 0.0976. The van der Waals surface area contributed by atoms with Crippen molar-refractivity contribution in [3.63, 3.8) is 0 Å². The van der Waals surface area contributed by atoms with Gasteiger partial charge in [0, 0.05) is 35.6 Å². The molecule has 3 N–H and O–H groups in total. The van der Waals surface area contributed by atoms with Gasteiger partial charge in [0.2, 0.25) is 5.82 Å². The van der Waals surface area contributed by atoms with E-state index in [0.29, 0.717) is 24.6 Å². The fraction of sp³-hybridized carbons (Fsp3) is 0.167. The van der Waals surface area contributed by atoms with Gasteiger partial charge in [-0.05, 0) is 63.7 Å². The van der Waals surface area contributed by atoms with Crippen molar-refractivity contribution in [2.45, 2.75) is 32.7 Å². The standard InChI is InChI=1S/C30H26ClN7O2/c1-2-3-7-26-33-28(31)27(30(39)40)38(26)17-18-8-10-19(11-9-18)24-16-20(12-13-23(24)29-34-36-37-35-29)21-5-4-6-25-22(21)14-15-32-25/h4-6,8-16,32H,2-3,7,17H2,1H3,(H,39,40)(H,34,35,36,37). The number of hydrogen-bond donors (Lipinski definition) is 3. The van der Waals surface area contributed by atoms with E-state index >= 15 is 0 Å². The van der Waals surface area contributed by atoms with E-state index < -0.39 is 5.97 Å². The number of rotatable bonds is 9. The monoisotopic (exact) mass is 551 g/mol. The molecule has 200 valence electrons. The molecule has 0 unspecified atom stereocenters. The van der Waals surface area contributed by atoms with Crippen LogP contribution in [0.15, 0.2) is 72.9 Å². The van der Waals surface area contributed by atoms with Crippen LogP contribution < -0.4 is 0 Å². The van der Waals surface area contributed by atoms with E-state index in [1.807, 2.05) is 42.6 Å². The number of tetrazole rings is 1. The lowest BCUT2D eigenvalue weighted by atomic mass is 9.92. The van der Waals surface area contributed by atoms with E-state index in [0.717, 1.165) is 57.1 Å². The zero-order chi connectivity index (χ0) is 27.6. The zero-order valence-corrected chi connectivity index (χ0v) is 22.5. The molecular weight excluding hydrogens is 526 g/mol. The minimum Gasteiger partial charge on any atom is -0.476 e. The Balaban J connectivity index is 1.39. The van der Waals surface area contributed by atoms with Crippen molar-refractivity contribution < 1.29 is 9.90 Å². The molecule has 0 aliphatic rings. The Morgan fingerprint density at radius 2 is 1.82 bits per heavy atom. The SMILES string of the molecule is CCCCc1nc(Cl)c(C(=O)O)n1Cc1ccc(-c2cc(-c3cccc4[nH]ccc34)ccc2-c2nn[nH]n2)cc1. The molecule has 6 rings (SSSR count). The highest BCUT2D eigenvalue weighted by atomic mass is 35.5. The number of benzene rings is 3. The minimum absolute atomic E-state index is 0.0165. The number of imidazole rings is 1. The zero-order valence-electron chi connectivity index (χ0n) is 21.7. The van der Waals surface area contributed by atoms with Gasteiger partial charge in [-0.1, -0.05) is 67.4 Å². The highest BCUT2D eigenvalue weighted by Gasteiger charge is 2.22. The number of carbonyl (C=O) groups is 1. The molecule has 3 aromatic heterocycles. The van der Waals surface area contributed by atoms with Crippen LogP contribution in [0.2, 0.25) is 5.15 Å². The van der Waals surface area contributed by atoms with E-state index in [9.17, 15) is 9.90 Å². The largest absolute Gasteiger partial charge is 0.476 e. The molecule has 0 amide bonds. The highest BCUT2D eigenvalue weighted by Crippen LogP contribution is 2.36. The molecule has 0 saturated heterocycles. The number of unbranched alkanes of at least 4 members (excludes halogenated alkanes) is 1. The lowest BCUT2D eigenvalue weighted by Gasteiger charge is -2.13. The van der Waals surface area contributed by atoms with Gasteiger partial charge in [-0.25, -0.2) is 9.78 Å². The van der Waals surface area contributed by atoms with Gasteiger partial charge in [0.05, 0.1) is 0 Å². The average molecular weight is 552 g/mol. The van der Waals surface area contributed by atoms with Crippen LogP contribution in [-0.4, -0.2) is 46.2 Å². The van der Waals surface area contributed by atoms with Gasteiger partial charge in [-0.2, -0.15) is 5.21 Å². The maximum atomic E-state index is 12.0. The van der Waals surface area contributed by atoms with Crippen LogP contribution in [-0.2, 0) is 13.0 Å². The number of aromatic carboxylic acids is 1. The molecular formula is C30H26ClN7O2. The summed E-state index contributed by atoms with van der Waals surface area (Å²) < 4.78 is 1.71. The third-order valence-corrected chi connectivity index (χ3v) is 7.34. The van der Waals surface area contributed by atoms with Gasteiger partial charge >= 0.3 is 5.97 Å². The first-order valence-corrected chi connectivity index (χ1v) is 13.4. The lowest BCUT2D eigenvalue weighted by Crippen LogP contribution is -2.13. The number of hydrogen-bond acceptors (Lipinski definition) is 5. The van der Waals surface area contributed by atoms with E-state index in [-0.39, 0.29) is 10.8 Å². The number of carboxylic acids is 1. The Kier molecular flexibility index (Phi) is 6.88. The molecule has 0 aliphatic heterocycles. The number of aryl methyl sites for hydroxylation is 1. The predicted octanol–water partition coefficient (Wildman–Crippen LogP) is 6.62. The van der Waals surface area contributed by atoms with Gasteiger partial charge in [-0.3, -0.25) is 0 Å². The fourth-order valence-corrected chi connectivity index (χ4v) is 5.38. The number of halogens is 1. The summed E-state index contributed by atoms with van der Waals surface area (Å²) in [6.45, 7) is 2.44. The topological polar surface area (TPSA) is 125 Å². The van der Waals surface area contributed by atoms with Crippen LogP contribution >= 0.6 is 11.6 Å². The van der Waals surface area contributed by atoms with Crippen LogP contribution in [0.4, 0.5) is 0 Å². The Morgan fingerprint density at radius 3 is 2.58 bits per heavy atom. The molecule has 9 nitrogen and oxygen atoms in total. The lowest BCUT2D eigenvalue weighted by molar-refractivity contribution is 0.0685. The number of fused-ring (bicyclic) bond motifs is 1. The maximum Gasteiger partial charge on any atom is 0.355 e. The number of H-pyrrole nitrogens is 2. The normalized spacial score (nSPS) is 11.3. The Hall–Kier alpha value is -4.76. The molecule has 0 atom stereocenters. The number of nitrogens with one attached hydrogen (secondary N) is 2. The molecule has 3 heterocycles. The molecule has 0 radical (unpaired) electrons. The number of carboxylic acid groups (broad SMARTS) is 1. The molecule has 0 spiro atoms. The van der Waals surface area contributed by atoms with Crippen LogP contribution in [0.1, 0.15) is 41.6 Å². The molecule has 10 heteroatoms. The van der Waals surface area contributed by atoms with Crippen molar-refractivity contribution in [1.29, 1.82) is 0 Å². The molecule has 0 saturated carbocycles. The van der Waals surface area contributed by atoms with E-state index in [1.54, 1.807) is 4.57 Å². The van der Waals surface area contributed by atoms with Gasteiger partial charge in [0.15, 0.2) is 10.8 Å². The van der Waals surface area contributed by atoms with E-state index in [1.165, 1.54) is 0 Å². The Labute approximate surface area is 234 Å². The summed E-state index contributed by atoms with van der Waals surface area (Å²) in [6.07, 6.45) is 4.48. The maximum absolute atomic E-state index is 12.0. The van der Waals surface area contributed by atoms with Gasteiger partial charge in [0.1, 0.15) is 5.82 Å². The summed E-state index contributed by atoms with van der Waals surface area (Å²) in [4.78, 5) is 19.6. The second-order valence-electron chi connectivity index (χ2n) is 9.60. The van der Waals surface area contributed by atoms with Crippen LogP contribution in [0.3, 0.4) is 0 Å². The second kappa shape index (κ2) is 10.8. The first kappa shape index (κ1) is 25.5. The first-order chi connectivity index (χ1) is 19.5. The predicted molar refractivity (Wildman–Crippen MR) is 154 cm³/mol. The summed E-state index contributed by atoms with van der Waals surface area (Å²) in [5, 5.41) is 25.7. The van der Waals surface area contributed by atoms with E-state index in [2.05, 4.69) is 67.8 Å². The summed E-state index contributed by atoms with van der Waals surface area (Å²) >= 11 is 6.22. The van der Waals surface area contributed by atoms with E-state index in [4.69, 9.17) is 11.6 Å². The van der Waals surface area contributed by atoms with Crippen molar-refractivity contribution in [1.82, 2.24) is 35.2 Å². The quantitative estimate of drug-likeness (QED) is 0.185.